The van der Waals surface area contributed by atoms with E-state index in [2.05, 4.69) is 15.1 Å². The molecule has 0 spiro atoms. The highest BCUT2D eigenvalue weighted by Gasteiger charge is 2.32. The molecule has 2 atom stereocenters. The van der Waals surface area contributed by atoms with Gasteiger partial charge in [0.1, 0.15) is 17.7 Å². The molecule has 0 fully saturated rings. The second-order valence-corrected chi connectivity index (χ2v) is 8.01. The van der Waals surface area contributed by atoms with Crippen molar-refractivity contribution in [3.05, 3.63) is 35.5 Å². The van der Waals surface area contributed by atoms with Gasteiger partial charge >= 0.3 is 6.18 Å². The first-order valence-corrected chi connectivity index (χ1v) is 9.25. The molecule has 0 unspecified atom stereocenters. The highest BCUT2D eigenvalue weighted by atomic mass is 35.5. The molecule has 0 aliphatic rings. The molecule has 1 N–H and O–H groups in total. The highest BCUT2D eigenvalue weighted by Crippen LogP contribution is 2.33. The number of nitrogens with zero attached hydrogens (tertiary/aromatic N) is 4. The third kappa shape index (κ3) is 6.07. The number of unbranched alkanes of at least 4 members (excludes halogenated alkanes) is 1. The highest BCUT2D eigenvalue weighted by molar-refractivity contribution is 6.31. The second kappa shape index (κ2) is 9.09. The minimum Gasteiger partial charge on any atom is -0.477 e. The van der Waals surface area contributed by atoms with Crippen LogP contribution in [-0.4, -0.2) is 37.6 Å². The van der Waals surface area contributed by atoms with Crippen molar-refractivity contribution < 1.29 is 23.0 Å². The number of hydrogen-bond donors (Lipinski definition) is 1. The second-order valence-electron chi connectivity index (χ2n) is 7.61. The zero-order valence-corrected chi connectivity index (χ0v) is 16.7. The van der Waals surface area contributed by atoms with Crippen LogP contribution in [0.1, 0.15) is 51.6 Å². The van der Waals surface area contributed by atoms with E-state index in [-0.39, 0.29) is 29.0 Å². The Balaban J connectivity index is 1.87. The average molecular weight is 421 g/mol. The number of aliphatic hydroxyl groups excluding tert-OH is 1. The molecular formula is C18H24ClF3N4O2. The normalized spacial score (nSPS) is 14.7. The number of pyridine rings is 1. The van der Waals surface area contributed by atoms with Crippen molar-refractivity contribution in [2.24, 2.45) is 5.41 Å². The maximum atomic E-state index is 12.6. The van der Waals surface area contributed by atoms with Crippen LogP contribution in [0.5, 0.6) is 5.88 Å². The third-order valence-electron chi connectivity index (χ3n) is 4.30. The van der Waals surface area contributed by atoms with E-state index in [0.29, 0.717) is 25.5 Å². The fourth-order valence-corrected chi connectivity index (χ4v) is 2.93. The van der Waals surface area contributed by atoms with Crippen molar-refractivity contribution in [2.45, 2.75) is 58.4 Å². The smallest absolute Gasteiger partial charge is 0.417 e. The summed E-state index contributed by atoms with van der Waals surface area (Å²) in [6.45, 7) is 6.09. The number of halogens is 4. The van der Waals surface area contributed by atoms with E-state index < -0.39 is 17.8 Å². The molecule has 6 nitrogen and oxygen atoms in total. The maximum Gasteiger partial charge on any atom is 0.417 e. The number of aromatic nitrogens is 4. The number of ether oxygens (including phenoxy) is 1. The predicted octanol–water partition coefficient (Wildman–Crippen LogP) is 4.54. The molecule has 10 heteroatoms. The Morgan fingerprint density at radius 1 is 1.25 bits per heavy atom. The topological polar surface area (TPSA) is 73.1 Å². The molecule has 2 rings (SSSR count). The van der Waals surface area contributed by atoms with Gasteiger partial charge in [0.2, 0.25) is 5.88 Å². The lowest BCUT2D eigenvalue weighted by molar-refractivity contribution is -0.137. The van der Waals surface area contributed by atoms with Gasteiger partial charge in [-0.05, 0) is 30.7 Å². The molecule has 0 saturated heterocycles. The molecule has 0 saturated carbocycles. The van der Waals surface area contributed by atoms with E-state index in [4.69, 9.17) is 16.3 Å². The summed E-state index contributed by atoms with van der Waals surface area (Å²) < 4.78 is 44.9. The van der Waals surface area contributed by atoms with Crippen LogP contribution < -0.4 is 4.74 Å². The fraction of sp³-hybridized carbons (Fsp3) is 0.611. The van der Waals surface area contributed by atoms with Gasteiger partial charge in [0.05, 0.1) is 24.3 Å². The number of aliphatic hydroxyl groups is 1. The minimum atomic E-state index is -4.50. The predicted molar refractivity (Wildman–Crippen MR) is 98.1 cm³/mol. The lowest BCUT2D eigenvalue weighted by Crippen LogP contribution is -2.35. The Bertz CT molecular complexity index is 748. The Labute approximate surface area is 166 Å². The van der Waals surface area contributed by atoms with Gasteiger partial charge in [0.15, 0.2) is 0 Å². The Morgan fingerprint density at radius 2 is 1.96 bits per heavy atom. The van der Waals surface area contributed by atoms with Crippen LogP contribution in [0.3, 0.4) is 0 Å². The van der Waals surface area contributed by atoms with Crippen molar-refractivity contribution in [1.29, 1.82) is 0 Å². The van der Waals surface area contributed by atoms with Crippen LogP contribution >= 0.6 is 11.6 Å². The fourth-order valence-electron chi connectivity index (χ4n) is 2.71. The van der Waals surface area contributed by atoms with Crippen LogP contribution in [0.4, 0.5) is 13.2 Å². The van der Waals surface area contributed by atoms with E-state index in [1.54, 1.807) is 11.0 Å². The lowest BCUT2D eigenvalue weighted by atomic mass is 9.83. The maximum absolute atomic E-state index is 12.6. The van der Waals surface area contributed by atoms with Crippen molar-refractivity contribution in [3.63, 3.8) is 0 Å². The van der Waals surface area contributed by atoms with Gasteiger partial charge in [0.25, 0.3) is 0 Å². The third-order valence-corrected chi connectivity index (χ3v) is 4.57. The van der Waals surface area contributed by atoms with Crippen LogP contribution in [0.25, 0.3) is 0 Å². The van der Waals surface area contributed by atoms with Crippen LogP contribution in [0.2, 0.25) is 5.02 Å². The summed E-state index contributed by atoms with van der Waals surface area (Å²) in [5, 5.41) is 14.6. The Kier molecular flexibility index (Phi) is 7.28. The minimum absolute atomic E-state index is 0.0304. The molecule has 0 bridgehead atoms. The summed E-state index contributed by atoms with van der Waals surface area (Å²) in [7, 11) is 0. The van der Waals surface area contributed by atoms with Gasteiger partial charge < -0.3 is 9.84 Å². The first kappa shape index (κ1) is 22.4. The molecule has 0 aromatic carbocycles. The van der Waals surface area contributed by atoms with Gasteiger partial charge in [-0.1, -0.05) is 32.4 Å². The van der Waals surface area contributed by atoms with E-state index >= 15 is 0 Å². The molecule has 0 aliphatic heterocycles. The van der Waals surface area contributed by atoms with E-state index in [1.807, 2.05) is 20.8 Å². The Hall–Kier alpha value is -1.87. The van der Waals surface area contributed by atoms with E-state index in [1.165, 1.54) is 6.33 Å². The SMILES string of the molecule is CC(C)(C)[C@@H](O)[C@H](CCCCOc1ncc(C(F)(F)F)cc1Cl)n1cncn1. The molecule has 2 aromatic heterocycles. The van der Waals surface area contributed by atoms with Crippen molar-refractivity contribution in [1.82, 2.24) is 19.7 Å². The number of rotatable bonds is 8. The van der Waals surface area contributed by atoms with Gasteiger partial charge in [-0.25, -0.2) is 14.6 Å². The molecule has 156 valence electrons. The molecule has 0 aliphatic carbocycles. The zero-order valence-electron chi connectivity index (χ0n) is 15.9. The van der Waals surface area contributed by atoms with Gasteiger partial charge in [-0.3, -0.25) is 0 Å². The van der Waals surface area contributed by atoms with Crippen molar-refractivity contribution >= 4 is 11.6 Å². The average Bonchev–Trinajstić information content (AvgIpc) is 3.11. The van der Waals surface area contributed by atoms with Crippen molar-refractivity contribution in [2.75, 3.05) is 6.61 Å². The van der Waals surface area contributed by atoms with Crippen LogP contribution in [0, 0.1) is 5.41 Å². The summed E-state index contributed by atoms with van der Waals surface area (Å²) in [5.41, 5.74) is -1.25. The molecule has 0 radical (unpaired) electrons. The Morgan fingerprint density at radius 3 is 2.50 bits per heavy atom. The molecule has 28 heavy (non-hydrogen) atoms. The number of hydrogen-bond acceptors (Lipinski definition) is 5. The molecular weight excluding hydrogens is 397 g/mol. The summed E-state index contributed by atoms with van der Waals surface area (Å²) in [5.74, 6) is -0.0304. The summed E-state index contributed by atoms with van der Waals surface area (Å²) in [6, 6.07) is 0.555. The van der Waals surface area contributed by atoms with Gasteiger partial charge in [0, 0.05) is 6.20 Å². The lowest BCUT2D eigenvalue weighted by Gasteiger charge is -2.33. The monoisotopic (exact) mass is 420 g/mol. The van der Waals surface area contributed by atoms with E-state index in [9.17, 15) is 18.3 Å². The zero-order chi connectivity index (χ0) is 20.9. The van der Waals surface area contributed by atoms with E-state index in [0.717, 1.165) is 6.07 Å². The standard InChI is InChI=1S/C18H24ClF3N4O2/c1-17(2,3)15(27)14(26-11-23-10-25-26)6-4-5-7-28-16-13(19)8-12(9-24-16)18(20,21)22/h8-11,14-15,27H,4-7H2,1-3H3/t14-,15-/m0/s1. The molecule has 2 heterocycles. The summed E-state index contributed by atoms with van der Waals surface area (Å²) in [4.78, 5) is 7.58. The number of alkyl halides is 3. The molecule has 0 amide bonds. The molecule has 2 aromatic rings. The van der Waals surface area contributed by atoms with Gasteiger partial charge in [-0.15, -0.1) is 0 Å². The first-order valence-electron chi connectivity index (χ1n) is 8.88. The summed E-state index contributed by atoms with van der Waals surface area (Å²) in [6.07, 6.45) is 0.518. The quantitative estimate of drug-likeness (QED) is 0.634. The van der Waals surface area contributed by atoms with Crippen molar-refractivity contribution in [3.8, 4) is 5.88 Å². The first-order chi connectivity index (χ1) is 13.0. The van der Waals surface area contributed by atoms with Crippen LogP contribution in [-0.2, 0) is 6.18 Å². The van der Waals surface area contributed by atoms with Gasteiger partial charge in [-0.2, -0.15) is 18.3 Å². The summed E-state index contributed by atoms with van der Waals surface area (Å²) >= 11 is 5.82. The van der Waals surface area contributed by atoms with Crippen LogP contribution in [0.15, 0.2) is 24.9 Å². The largest absolute Gasteiger partial charge is 0.477 e.